The summed E-state index contributed by atoms with van der Waals surface area (Å²) in [6.07, 6.45) is 1.09. The molecule has 3 heteroatoms. The van der Waals surface area contributed by atoms with Crippen LogP contribution in [0.15, 0.2) is 48.5 Å². The standard InChI is InChI=1S/C17H22N2O/c1-3-12-19(17-7-5-4-6-16(17)18)13-14-8-10-15(20-2)11-9-14/h4-11H,3,12-13,18H2,1-2H3. The van der Waals surface area contributed by atoms with Crippen LogP contribution >= 0.6 is 0 Å². The maximum absolute atomic E-state index is 6.09. The number of rotatable bonds is 6. The average molecular weight is 270 g/mol. The summed E-state index contributed by atoms with van der Waals surface area (Å²) >= 11 is 0. The van der Waals surface area contributed by atoms with E-state index >= 15 is 0 Å². The summed E-state index contributed by atoms with van der Waals surface area (Å²) in [7, 11) is 1.68. The highest BCUT2D eigenvalue weighted by Gasteiger charge is 2.09. The van der Waals surface area contributed by atoms with E-state index in [2.05, 4.69) is 30.0 Å². The van der Waals surface area contributed by atoms with E-state index in [1.165, 1.54) is 5.56 Å². The van der Waals surface area contributed by atoms with Crippen molar-refractivity contribution in [2.75, 3.05) is 24.3 Å². The van der Waals surface area contributed by atoms with Gasteiger partial charge in [0, 0.05) is 13.1 Å². The van der Waals surface area contributed by atoms with Crippen molar-refractivity contribution in [1.29, 1.82) is 0 Å². The summed E-state index contributed by atoms with van der Waals surface area (Å²) < 4.78 is 5.19. The molecule has 2 N–H and O–H groups in total. The van der Waals surface area contributed by atoms with Gasteiger partial charge in [-0.2, -0.15) is 0 Å². The molecule has 0 fully saturated rings. The van der Waals surface area contributed by atoms with E-state index in [4.69, 9.17) is 10.5 Å². The molecular formula is C17H22N2O. The van der Waals surface area contributed by atoms with Crippen molar-refractivity contribution in [2.24, 2.45) is 0 Å². The van der Waals surface area contributed by atoms with E-state index in [1.54, 1.807) is 7.11 Å². The number of nitrogens with two attached hydrogens (primary N) is 1. The molecule has 3 nitrogen and oxygen atoms in total. The molecule has 20 heavy (non-hydrogen) atoms. The van der Waals surface area contributed by atoms with E-state index < -0.39 is 0 Å². The Morgan fingerprint density at radius 3 is 2.35 bits per heavy atom. The Hall–Kier alpha value is -2.16. The van der Waals surface area contributed by atoms with Crippen LogP contribution in [0.5, 0.6) is 5.75 Å². The minimum atomic E-state index is 0.828. The van der Waals surface area contributed by atoms with Crippen molar-refractivity contribution in [3.05, 3.63) is 54.1 Å². The van der Waals surface area contributed by atoms with Crippen molar-refractivity contribution in [3.63, 3.8) is 0 Å². The van der Waals surface area contributed by atoms with Gasteiger partial charge in [0.05, 0.1) is 18.5 Å². The fraction of sp³-hybridized carbons (Fsp3) is 0.294. The number of para-hydroxylation sites is 2. The summed E-state index contributed by atoms with van der Waals surface area (Å²) in [6, 6.07) is 16.2. The first-order valence-corrected chi connectivity index (χ1v) is 6.97. The highest BCUT2D eigenvalue weighted by Crippen LogP contribution is 2.25. The van der Waals surface area contributed by atoms with Gasteiger partial charge in [-0.15, -0.1) is 0 Å². The number of nitrogens with zero attached hydrogens (tertiary/aromatic N) is 1. The molecule has 0 saturated heterocycles. The molecule has 0 aromatic heterocycles. The van der Waals surface area contributed by atoms with Crippen LogP contribution < -0.4 is 15.4 Å². The fourth-order valence-electron chi connectivity index (χ4n) is 2.28. The summed E-state index contributed by atoms with van der Waals surface area (Å²) in [5.74, 6) is 0.884. The third kappa shape index (κ3) is 3.44. The maximum Gasteiger partial charge on any atom is 0.118 e. The lowest BCUT2D eigenvalue weighted by molar-refractivity contribution is 0.414. The first-order chi connectivity index (χ1) is 9.74. The molecule has 2 rings (SSSR count). The zero-order valence-corrected chi connectivity index (χ0v) is 12.2. The Morgan fingerprint density at radius 1 is 1.05 bits per heavy atom. The van der Waals surface area contributed by atoms with E-state index in [1.807, 2.05) is 30.3 Å². The Balaban J connectivity index is 2.18. The number of anilines is 2. The Kier molecular flexibility index (Phi) is 4.88. The van der Waals surface area contributed by atoms with Gasteiger partial charge < -0.3 is 15.4 Å². The highest BCUT2D eigenvalue weighted by molar-refractivity contribution is 5.67. The quantitative estimate of drug-likeness (QED) is 0.813. The van der Waals surface area contributed by atoms with Crippen LogP contribution in [0, 0.1) is 0 Å². The molecule has 0 aliphatic rings. The number of nitrogen functional groups attached to an aromatic ring is 1. The maximum atomic E-state index is 6.09. The summed E-state index contributed by atoms with van der Waals surface area (Å²) in [5, 5.41) is 0. The van der Waals surface area contributed by atoms with E-state index in [9.17, 15) is 0 Å². The molecule has 2 aromatic carbocycles. The molecule has 0 saturated carbocycles. The summed E-state index contributed by atoms with van der Waals surface area (Å²) in [4.78, 5) is 2.32. The number of methoxy groups -OCH3 is 1. The molecule has 0 heterocycles. The first kappa shape index (κ1) is 14.3. The van der Waals surface area contributed by atoms with Crippen LogP contribution in [0.1, 0.15) is 18.9 Å². The van der Waals surface area contributed by atoms with Crippen LogP contribution in [0.25, 0.3) is 0 Å². The summed E-state index contributed by atoms with van der Waals surface area (Å²) in [5.41, 5.74) is 9.27. The Morgan fingerprint density at radius 2 is 1.75 bits per heavy atom. The van der Waals surface area contributed by atoms with Crippen molar-refractivity contribution < 1.29 is 4.74 Å². The zero-order chi connectivity index (χ0) is 14.4. The van der Waals surface area contributed by atoms with E-state index in [-0.39, 0.29) is 0 Å². The lowest BCUT2D eigenvalue weighted by Crippen LogP contribution is -2.24. The van der Waals surface area contributed by atoms with Gasteiger partial charge in [-0.3, -0.25) is 0 Å². The third-order valence-corrected chi connectivity index (χ3v) is 3.30. The molecule has 0 amide bonds. The Bertz CT molecular complexity index is 537. The fourth-order valence-corrected chi connectivity index (χ4v) is 2.28. The lowest BCUT2D eigenvalue weighted by atomic mass is 10.1. The van der Waals surface area contributed by atoms with Gasteiger partial charge in [0.15, 0.2) is 0 Å². The molecule has 0 bridgehead atoms. The van der Waals surface area contributed by atoms with Crippen molar-refractivity contribution in [2.45, 2.75) is 19.9 Å². The predicted molar refractivity (Wildman–Crippen MR) is 85.2 cm³/mol. The molecule has 0 unspecified atom stereocenters. The molecule has 2 aromatic rings. The largest absolute Gasteiger partial charge is 0.497 e. The van der Waals surface area contributed by atoms with Gasteiger partial charge in [0.1, 0.15) is 5.75 Å². The molecule has 0 atom stereocenters. The number of hydrogen-bond acceptors (Lipinski definition) is 3. The molecular weight excluding hydrogens is 248 g/mol. The number of ether oxygens (including phenoxy) is 1. The number of benzene rings is 2. The van der Waals surface area contributed by atoms with Gasteiger partial charge in [0.2, 0.25) is 0 Å². The van der Waals surface area contributed by atoms with Crippen LogP contribution in [-0.2, 0) is 6.54 Å². The van der Waals surface area contributed by atoms with Gasteiger partial charge in [-0.05, 0) is 36.2 Å². The van der Waals surface area contributed by atoms with Crippen LogP contribution in [0.3, 0.4) is 0 Å². The van der Waals surface area contributed by atoms with Gasteiger partial charge in [0.25, 0.3) is 0 Å². The van der Waals surface area contributed by atoms with Gasteiger partial charge in [-0.1, -0.05) is 31.2 Å². The minimum Gasteiger partial charge on any atom is -0.497 e. The molecule has 0 aliphatic carbocycles. The van der Waals surface area contributed by atoms with Crippen LogP contribution in [0.2, 0.25) is 0 Å². The molecule has 0 spiro atoms. The molecule has 0 aliphatic heterocycles. The second-order valence-corrected chi connectivity index (χ2v) is 4.83. The first-order valence-electron chi connectivity index (χ1n) is 6.97. The SMILES string of the molecule is CCCN(Cc1ccc(OC)cc1)c1ccccc1N. The normalized spacial score (nSPS) is 10.3. The van der Waals surface area contributed by atoms with Crippen molar-refractivity contribution in [3.8, 4) is 5.75 Å². The van der Waals surface area contributed by atoms with E-state index in [0.717, 1.165) is 36.6 Å². The van der Waals surface area contributed by atoms with Crippen molar-refractivity contribution >= 4 is 11.4 Å². The molecule has 0 radical (unpaired) electrons. The summed E-state index contributed by atoms with van der Waals surface area (Å²) in [6.45, 7) is 4.02. The zero-order valence-electron chi connectivity index (χ0n) is 12.2. The van der Waals surface area contributed by atoms with Crippen LogP contribution in [-0.4, -0.2) is 13.7 Å². The number of hydrogen-bond donors (Lipinski definition) is 1. The van der Waals surface area contributed by atoms with E-state index in [0.29, 0.717) is 0 Å². The average Bonchev–Trinajstić information content (AvgIpc) is 2.48. The second-order valence-electron chi connectivity index (χ2n) is 4.83. The van der Waals surface area contributed by atoms with Gasteiger partial charge in [-0.25, -0.2) is 0 Å². The van der Waals surface area contributed by atoms with Gasteiger partial charge >= 0.3 is 0 Å². The van der Waals surface area contributed by atoms with Crippen molar-refractivity contribution in [1.82, 2.24) is 0 Å². The Labute approximate surface area is 121 Å². The molecule has 106 valence electrons. The minimum absolute atomic E-state index is 0.828. The second kappa shape index (κ2) is 6.85. The smallest absolute Gasteiger partial charge is 0.118 e. The lowest BCUT2D eigenvalue weighted by Gasteiger charge is -2.26. The monoisotopic (exact) mass is 270 g/mol. The predicted octanol–water partition coefficient (Wildman–Crippen LogP) is 3.69. The highest BCUT2D eigenvalue weighted by atomic mass is 16.5. The third-order valence-electron chi connectivity index (χ3n) is 3.30. The van der Waals surface area contributed by atoms with Crippen LogP contribution in [0.4, 0.5) is 11.4 Å². The topological polar surface area (TPSA) is 38.5 Å².